The molecule has 2 aromatic carbocycles. The van der Waals surface area contributed by atoms with Crippen LogP contribution in [0.25, 0.3) is 0 Å². The van der Waals surface area contributed by atoms with Crippen LogP contribution in [0.3, 0.4) is 0 Å². The van der Waals surface area contributed by atoms with E-state index in [1.165, 1.54) is 30.1 Å². The standard InChI is InChI=1S/C15H14N4O2S/c16-15(22-11-13-4-2-1-3-5-13)18-17-10-12-6-8-14(9-7-12)19(20)21/h1-10H,11H2,(H2,16,18)/b17-10+. The highest BCUT2D eigenvalue weighted by Gasteiger charge is 2.02. The summed E-state index contributed by atoms with van der Waals surface area (Å²) in [6.45, 7) is 0. The number of hydrogen-bond donors (Lipinski definition) is 1. The van der Waals surface area contributed by atoms with Crippen molar-refractivity contribution in [2.45, 2.75) is 5.75 Å². The summed E-state index contributed by atoms with van der Waals surface area (Å²) in [5, 5.41) is 18.7. The van der Waals surface area contributed by atoms with Gasteiger partial charge in [0.2, 0.25) is 0 Å². The Morgan fingerprint density at radius 3 is 2.50 bits per heavy atom. The molecule has 0 aromatic heterocycles. The first-order valence-corrected chi connectivity index (χ1v) is 7.41. The van der Waals surface area contributed by atoms with E-state index in [0.29, 0.717) is 5.17 Å². The molecule has 0 saturated carbocycles. The first-order valence-electron chi connectivity index (χ1n) is 6.43. The van der Waals surface area contributed by atoms with Crippen LogP contribution in [0.1, 0.15) is 11.1 Å². The fraction of sp³-hybridized carbons (Fsp3) is 0.0667. The van der Waals surface area contributed by atoms with E-state index < -0.39 is 4.92 Å². The Labute approximate surface area is 131 Å². The summed E-state index contributed by atoms with van der Waals surface area (Å²) in [5.41, 5.74) is 7.67. The summed E-state index contributed by atoms with van der Waals surface area (Å²) in [6, 6.07) is 16.0. The minimum atomic E-state index is -0.447. The Hall–Kier alpha value is -2.67. The normalized spacial score (nSPS) is 11.7. The van der Waals surface area contributed by atoms with Crippen LogP contribution in [-0.4, -0.2) is 16.3 Å². The van der Waals surface area contributed by atoms with Gasteiger partial charge in [-0.2, -0.15) is 5.10 Å². The molecule has 0 heterocycles. The number of benzene rings is 2. The van der Waals surface area contributed by atoms with Gasteiger partial charge in [0, 0.05) is 17.9 Å². The number of non-ortho nitro benzene ring substituents is 1. The minimum absolute atomic E-state index is 0.0404. The van der Waals surface area contributed by atoms with E-state index in [1.54, 1.807) is 12.1 Å². The van der Waals surface area contributed by atoms with Gasteiger partial charge >= 0.3 is 0 Å². The maximum Gasteiger partial charge on any atom is 0.269 e. The van der Waals surface area contributed by atoms with Crippen molar-refractivity contribution >= 4 is 28.8 Å². The summed E-state index contributed by atoms with van der Waals surface area (Å²) < 4.78 is 0. The highest BCUT2D eigenvalue weighted by atomic mass is 32.2. The predicted molar refractivity (Wildman–Crippen MR) is 90.0 cm³/mol. The van der Waals surface area contributed by atoms with E-state index in [0.717, 1.165) is 16.9 Å². The molecule has 0 aliphatic heterocycles. The quantitative estimate of drug-likeness (QED) is 0.397. The molecular formula is C15H14N4O2S. The number of nitrogens with zero attached hydrogens (tertiary/aromatic N) is 3. The fourth-order valence-electron chi connectivity index (χ4n) is 1.59. The molecule has 2 aromatic rings. The van der Waals surface area contributed by atoms with Crippen molar-refractivity contribution in [3.8, 4) is 0 Å². The van der Waals surface area contributed by atoms with E-state index >= 15 is 0 Å². The van der Waals surface area contributed by atoms with Crippen LogP contribution in [0.4, 0.5) is 5.69 Å². The molecule has 7 heteroatoms. The summed E-state index contributed by atoms with van der Waals surface area (Å²) in [7, 11) is 0. The molecular weight excluding hydrogens is 300 g/mol. The monoisotopic (exact) mass is 314 g/mol. The zero-order chi connectivity index (χ0) is 15.8. The molecule has 112 valence electrons. The van der Waals surface area contributed by atoms with Gasteiger partial charge in [0.15, 0.2) is 5.17 Å². The zero-order valence-corrected chi connectivity index (χ0v) is 12.4. The second kappa shape index (κ2) is 7.94. The molecule has 0 amide bonds. The van der Waals surface area contributed by atoms with Crippen molar-refractivity contribution in [1.29, 1.82) is 0 Å². The summed E-state index contributed by atoms with van der Waals surface area (Å²) in [4.78, 5) is 10.1. The van der Waals surface area contributed by atoms with Gasteiger partial charge in [-0.05, 0) is 23.3 Å². The van der Waals surface area contributed by atoms with Crippen LogP contribution in [0.15, 0.2) is 64.8 Å². The van der Waals surface area contributed by atoms with Crippen molar-refractivity contribution in [1.82, 2.24) is 0 Å². The van der Waals surface area contributed by atoms with Gasteiger partial charge in [0.1, 0.15) is 0 Å². The smallest absolute Gasteiger partial charge is 0.269 e. The first kappa shape index (κ1) is 15.7. The molecule has 0 atom stereocenters. The van der Waals surface area contributed by atoms with Gasteiger partial charge in [-0.25, -0.2) is 0 Å². The van der Waals surface area contributed by atoms with Crippen LogP contribution in [0, 0.1) is 10.1 Å². The molecule has 2 N–H and O–H groups in total. The molecule has 2 rings (SSSR count). The van der Waals surface area contributed by atoms with Gasteiger partial charge in [0.05, 0.1) is 11.1 Å². The van der Waals surface area contributed by atoms with Gasteiger partial charge in [0.25, 0.3) is 5.69 Å². The van der Waals surface area contributed by atoms with Crippen LogP contribution in [0.2, 0.25) is 0 Å². The second-order valence-electron chi connectivity index (χ2n) is 4.31. The van der Waals surface area contributed by atoms with Crippen molar-refractivity contribution in [2.75, 3.05) is 0 Å². The van der Waals surface area contributed by atoms with Crippen molar-refractivity contribution in [2.24, 2.45) is 15.9 Å². The highest BCUT2D eigenvalue weighted by Crippen LogP contribution is 2.12. The van der Waals surface area contributed by atoms with E-state index in [-0.39, 0.29) is 5.69 Å². The van der Waals surface area contributed by atoms with Crippen molar-refractivity contribution < 1.29 is 4.92 Å². The van der Waals surface area contributed by atoms with Crippen LogP contribution in [0.5, 0.6) is 0 Å². The first-order chi connectivity index (χ1) is 10.6. The predicted octanol–water partition coefficient (Wildman–Crippen LogP) is 3.18. The van der Waals surface area contributed by atoms with Crippen LogP contribution in [-0.2, 0) is 5.75 Å². The Morgan fingerprint density at radius 1 is 1.18 bits per heavy atom. The maximum absolute atomic E-state index is 10.5. The van der Waals surface area contributed by atoms with E-state index in [2.05, 4.69) is 10.2 Å². The third-order valence-corrected chi connectivity index (χ3v) is 3.55. The molecule has 0 unspecified atom stereocenters. The minimum Gasteiger partial charge on any atom is -0.377 e. The maximum atomic E-state index is 10.5. The Kier molecular flexibility index (Phi) is 5.67. The molecule has 0 aliphatic rings. The molecule has 0 bridgehead atoms. The third kappa shape index (κ3) is 5.02. The Balaban J connectivity index is 1.88. The number of nitrogens with two attached hydrogens (primary N) is 1. The van der Waals surface area contributed by atoms with Crippen LogP contribution < -0.4 is 5.73 Å². The van der Waals surface area contributed by atoms with Gasteiger partial charge in [-0.1, -0.05) is 42.1 Å². The Bertz CT molecular complexity index is 684. The number of rotatable bonds is 5. The molecule has 0 fully saturated rings. The third-order valence-electron chi connectivity index (χ3n) is 2.70. The van der Waals surface area contributed by atoms with Crippen molar-refractivity contribution in [3.63, 3.8) is 0 Å². The topological polar surface area (TPSA) is 93.9 Å². The van der Waals surface area contributed by atoms with Crippen molar-refractivity contribution in [3.05, 3.63) is 75.8 Å². The lowest BCUT2D eigenvalue weighted by Gasteiger charge is -1.99. The number of amidine groups is 1. The number of thioether (sulfide) groups is 1. The molecule has 0 radical (unpaired) electrons. The van der Waals surface area contributed by atoms with E-state index in [1.807, 2.05) is 30.3 Å². The highest BCUT2D eigenvalue weighted by molar-refractivity contribution is 8.13. The molecule has 0 aliphatic carbocycles. The number of nitro groups is 1. The number of nitro benzene ring substituents is 1. The molecule has 0 spiro atoms. The summed E-state index contributed by atoms with van der Waals surface area (Å²) >= 11 is 1.40. The summed E-state index contributed by atoms with van der Waals surface area (Å²) in [6.07, 6.45) is 1.50. The lowest BCUT2D eigenvalue weighted by molar-refractivity contribution is -0.384. The lowest BCUT2D eigenvalue weighted by Crippen LogP contribution is -2.05. The summed E-state index contributed by atoms with van der Waals surface area (Å²) in [5.74, 6) is 0.725. The SMILES string of the molecule is N/C(=N\N=C\c1ccc([N+](=O)[O-])cc1)SCc1ccccc1. The van der Waals surface area contributed by atoms with Gasteiger partial charge in [-0.15, -0.1) is 5.10 Å². The molecule has 22 heavy (non-hydrogen) atoms. The average Bonchev–Trinajstić information content (AvgIpc) is 2.54. The number of hydrogen-bond acceptors (Lipinski definition) is 5. The zero-order valence-electron chi connectivity index (χ0n) is 11.6. The van der Waals surface area contributed by atoms with E-state index in [9.17, 15) is 10.1 Å². The Morgan fingerprint density at radius 2 is 1.86 bits per heavy atom. The average molecular weight is 314 g/mol. The fourth-order valence-corrected chi connectivity index (χ4v) is 2.21. The van der Waals surface area contributed by atoms with Crippen LogP contribution >= 0.6 is 11.8 Å². The largest absolute Gasteiger partial charge is 0.377 e. The van der Waals surface area contributed by atoms with Gasteiger partial charge < -0.3 is 5.73 Å². The van der Waals surface area contributed by atoms with Gasteiger partial charge in [-0.3, -0.25) is 10.1 Å². The molecule has 6 nitrogen and oxygen atoms in total. The lowest BCUT2D eigenvalue weighted by atomic mass is 10.2. The molecule has 0 saturated heterocycles. The second-order valence-corrected chi connectivity index (χ2v) is 5.30. The van der Waals surface area contributed by atoms with E-state index in [4.69, 9.17) is 5.73 Å².